The van der Waals surface area contributed by atoms with E-state index in [-0.39, 0.29) is 11.3 Å². The summed E-state index contributed by atoms with van der Waals surface area (Å²) in [5, 5.41) is 29.4. The summed E-state index contributed by atoms with van der Waals surface area (Å²) in [5.74, 6) is -2.30. The van der Waals surface area contributed by atoms with Crippen molar-refractivity contribution in [2.45, 2.75) is 6.04 Å². The number of carbonyl (C=O) groups excluding carboxylic acids is 1. The number of aliphatic carboxylic acids is 1. The Morgan fingerprint density at radius 1 is 1.33 bits per heavy atom. The van der Waals surface area contributed by atoms with E-state index >= 15 is 0 Å². The van der Waals surface area contributed by atoms with E-state index in [1.54, 1.807) is 6.07 Å². The van der Waals surface area contributed by atoms with Gasteiger partial charge in [-0.1, -0.05) is 0 Å². The van der Waals surface area contributed by atoms with Gasteiger partial charge in [-0.3, -0.25) is 4.79 Å². The fraction of sp³-hybridized carbons (Fsp3) is 0.200. The number of nitrogens with one attached hydrogen (secondary N) is 1. The van der Waals surface area contributed by atoms with Crippen LogP contribution in [-0.4, -0.2) is 39.8 Å². The van der Waals surface area contributed by atoms with Crippen LogP contribution in [0.3, 0.4) is 0 Å². The highest BCUT2D eigenvalue weighted by Gasteiger charge is 2.22. The second-order valence-electron chi connectivity index (χ2n) is 3.33. The Labute approximate surface area is 130 Å². The highest BCUT2D eigenvalue weighted by molar-refractivity contribution is 14.1. The van der Waals surface area contributed by atoms with Crippen LogP contribution in [0.15, 0.2) is 12.1 Å². The maximum atomic E-state index is 11.8. The zero-order valence-electron chi connectivity index (χ0n) is 8.85. The number of carboxylic acids is 1. The average Bonchev–Trinajstić information content (AvgIpc) is 2.29. The van der Waals surface area contributed by atoms with Crippen molar-refractivity contribution in [1.82, 2.24) is 5.32 Å². The number of aliphatic hydroxyl groups excluding tert-OH is 1. The van der Waals surface area contributed by atoms with Gasteiger partial charge in [0.1, 0.15) is 5.75 Å². The molecule has 0 unspecified atom stereocenters. The van der Waals surface area contributed by atoms with Crippen molar-refractivity contribution in [2.24, 2.45) is 0 Å². The Kier molecular flexibility index (Phi) is 5.59. The van der Waals surface area contributed by atoms with Gasteiger partial charge in [-0.2, -0.15) is 0 Å². The van der Waals surface area contributed by atoms with Crippen molar-refractivity contribution < 1.29 is 24.9 Å². The van der Waals surface area contributed by atoms with Gasteiger partial charge in [0.2, 0.25) is 0 Å². The lowest BCUT2D eigenvalue weighted by atomic mass is 10.1. The van der Waals surface area contributed by atoms with E-state index in [9.17, 15) is 14.7 Å². The number of aromatic hydroxyl groups is 1. The van der Waals surface area contributed by atoms with Crippen molar-refractivity contribution in [1.29, 1.82) is 0 Å². The van der Waals surface area contributed by atoms with E-state index < -0.39 is 24.5 Å². The summed E-state index contributed by atoms with van der Waals surface area (Å²) in [7, 11) is 0. The van der Waals surface area contributed by atoms with Crippen molar-refractivity contribution >= 4 is 57.1 Å². The molecule has 0 radical (unpaired) electrons. The summed E-state index contributed by atoms with van der Waals surface area (Å²) in [4.78, 5) is 22.5. The predicted octanol–water partition coefficient (Wildman–Crippen LogP) is 0.777. The predicted molar refractivity (Wildman–Crippen MR) is 79.5 cm³/mol. The number of halogens is 2. The molecule has 8 heteroatoms. The molecule has 0 aromatic heterocycles. The normalized spacial score (nSPS) is 11.9. The Morgan fingerprint density at radius 3 is 2.44 bits per heavy atom. The smallest absolute Gasteiger partial charge is 0.328 e. The molecule has 18 heavy (non-hydrogen) atoms. The molecule has 1 rings (SSSR count). The Hall–Kier alpha value is -0.620. The fourth-order valence-corrected chi connectivity index (χ4v) is 3.01. The zero-order valence-corrected chi connectivity index (χ0v) is 13.2. The zero-order chi connectivity index (χ0) is 13.9. The molecule has 4 N–H and O–H groups in total. The maximum Gasteiger partial charge on any atom is 0.328 e. The van der Waals surface area contributed by atoms with Crippen LogP contribution in [0.25, 0.3) is 0 Å². The van der Waals surface area contributed by atoms with Crippen LogP contribution in [0, 0.1) is 7.14 Å². The minimum absolute atomic E-state index is 0.0222. The molecular formula is C10H9I2NO5. The highest BCUT2D eigenvalue weighted by atomic mass is 127. The summed E-state index contributed by atoms with van der Waals surface area (Å²) >= 11 is 3.84. The molecular weight excluding hydrogens is 468 g/mol. The number of carboxylic acid groups (broad SMARTS) is 1. The molecule has 1 atom stereocenters. The van der Waals surface area contributed by atoms with Crippen LogP contribution in [0.4, 0.5) is 0 Å². The summed E-state index contributed by atoms with van der Waals surface area (Å²) < 4.78 is 1.22. The molecule has 0 saturated carbocycles. The quantitative estimate of drug-likeness (QED) is 0.480. The van der Waals surface area contributed by atoms with Crippen LogP contribution >= 0.6 is 45.2 Å². The van der Waals surface area contributed by atoms with Gasteiger partial charge < -0.3 is 20.6 Å². The van der Waals surface area contributed by atoms with Gasteiger partial charge in [0.05, 0.1) is 15.7 Å². The van der Waals surface area contributed by atoms with Crippen molar-refractivity contribution in [3.05, 3.63) is 24.8 Å². The third-order valence-electron chi connectivity index (χ3n) is 2.06. The van der Waals surface area contributed by atoms with Crippen LogP contribution in [0.2, 0.25) is 0 Å². The number of benzene rings is 1. The van der Waals surface area contributed by atoms with Gasteiger partial charge in [0.15, 0.2) is 6.04 Å². The largest absolute Gasteiger partial charge is 0.506 e. The Bertz CT molecular complexity index is 491. The minimum Gasteiger partial charge on any atom is -0.506 e. The number of hydrogen-bond acceptors (Lipinski definition) is 4. The molecule has 0 fully saturated rings. The SMILES string of the molecule is O=C(N[C@@H](CO)C(=O)O)c1cc(I)cc(I)c1O. The lowest BCUT2D eigenvalue weighted by Crippen LogP contribution is -2.43. The number of phenols is 1. The van der Waals surface area contributed by atoms with E-state index in [0.29, 0.717) is 3.57 Å². The molecule has 0 spiro atoms. The van der Waals surface area contributed by atoms with Gasteiger partial charge in [-0.25, -0.2) is 4.79 Å². The third kappa shape index (κ3) is 3.68. The Balaban J connectivity index is 3.01. The van der Waals surface area contributed by atoms with Crippen molar-refractivity contribution in [3.63, 3.8) is 0 Å². The van der Waals surface area contributed by atoms with E-state index in [4.69, 9.17) is 10.2 Å². The molecule has 0 bridgehead atoms. The average molecular weight is 477 g/mol. The molecule has 0 aliphatic carbocycles. The molecule has 0 aliphatic rings. The van der Waals surface area contributed by atoms with Gasteiger partial charge in [0, 0.05) is 3.57 Å². The lowest BCUT2D eigenvalue weighted by Gasteiger charge is -2.13. The van der Waals surface area contributed by atoms with Gasteiger partial charge in [-0.05, 0) is 57.3 Å². The van der Waals surface area contributed by atoms with Crippen LogP contribution in [0.5, 0.6) is 5.75 Å². The number of amides is 1. The second kappa shape index (κ2) is 6.52. The second-order valence-corrected chi connectivity index (χ2v) is 5.74. The lowest BCUT2D eigenvalue weighted by molar-refractivity contribution is -0.140. The number of phenolic OH excluding ortho intramolecular Hbond substituents is 1. The number of carbonyl (C=O) groups is 2. The molecule has 98 valence electrons. The summed E-state index contributed by atoms with van der Waals surface area (Å²) in [6, 6.07) is 1.71. The topological polar surface area (TPSA) is 107 Å². The Morgan fingerprint density at radius 2 is 1.94 bits per heavy atom. The minimum atomic E-state index is -1.40. The first-order valence-corrected chi connectivity index (χ1v) is 6.85. The van der Waals surface area contributed by atoms with Crippen molar-refractivity contribution in [3.8, 4) is 5.75 Å². The molecule has 6 nitrogen and oxygen atoms in total. The molecule has 1 amide bonds. The molecule has 0 saturated heterocycles. The van der Waals surface area contributed by atoms with Gasteiger partial charge in [0.25, 0.3) is 5.91 Å². The van der Waals surface area contributed by atoms with Crippen LogP contribution in [-0.2, 0) is 4.79 Å². The number of aliphatic hydroxyl groups is 1. The fourth-order valence-electron chi connectivity index (χ4n) is 1.16. The summed E-state index contributed by atoms with van der Waals surface area (Å²) in [6.45, 7) is -0.719. The standard InChI is InChI=1S/C10H9I2NO5/c11-4-1-5(8(15)6(12)2-4)9(16)13-7(3-14)10(17)18/h1-2,7,14-15H,3H2,(H,13,16)(H,17,18)/t7-/m0/s1. The first kappa shape index (κ1) is 15.4. The van der Waals surface area contributed by atoms with E-state index in [1.165, 1.54) is 6.07 Å². The maximum absolute atomic E-state index is 11.8. The number of rotatable bonds is 4. The van der Waals surface area contributed by atoms with E-state index in [0.717, 1.165) is 3.57 Å². The number of hydrogen-bond donors (Lipinski definition) is 4. The third-order valence-corrected chi connectivity index (χ3v) is 3.50. The molecule has 1 aromatic carbocycles. The first-order chi connectivity index (χ1) is 8.36. The highest BCUT2D eigenvalue weighted by Crippen LogP contribution is 2.26. The van der Waals surface area contributed by atoms with Crippen LogP contribution in [0.1, 0.15) is 10.4 Å². The van der Waals surface area contributed by atoms with Gasteiger partial charge >= 0.3 is 5.97 Å². The molecule has 1 aromatic rings. The first-order valence-electron chi connectivity index (χ1n) is 4.69. The van der Waals surface area contributed by atoms with E-state index in [2.05, 4.69) is 5.32 Å². The molecule has 0 aliphatic heterocycles. The monoisotopic (exact) mass is 477 g/mol. The summed E-state index contributed by atoms with van der Waals surface area (Å²) in [6.07, 6.45) is 0. The summed E-state index contributed by atoms with van der Waals surface area (Å²) in [5.41, 5.74) is -0.0222. The molecule has 0 heterocycles. The van der Waals surface area contributed by atoms with Crippen LogP contribution < -0.4 is 5.32 Å². The van der Waals surface area contributed by atoms with Gasteiger partial charge in [-0.15, -0.1) is 0 Å². The van der Waals surface area contributed by atoms with Crippen molar-refractivity contribution in [2.75, 3.05) is 6.61 Å². The van der Waals surface area contributed by atoms with E-state index in [1.807, 2.05) is 45.2 Å².